The van der Waals surface area contributed by atoms with Crippen LogP contribution in [0, 0.1) is 5.92 Å². The van der Waals surface area contributed by atoms with E-state index < -0.39 is 12.1 Å². The Labute approximate surface area is 131 Å². The molecule has 0 bridgehead atoms. The van der Waals surface area contributed by atoms with Crippen LogP contribution in [-0.2, 0) is 16.1 Å². The van der Waals surface area contributed by atoms with Crippen molar-refractivity contribution in [1.82, 2.24) is 10.6 Å². The second-order valence-corrected chi connectivity index (χ2v) is 5.12. The van der Waals surface area contributed by atoms with E-state index in [9.17, 15) is 9.59 Å². The van der Waals surface area contributed by atoms with Gasteiger partial charge in [0.2, 0.25) is 5.91 Å². The minimum atomic E-state index is -0.645. The van der Waals surface area contributed by atoms with Crippen LogP contribution in [0.25, 0.3) is 0 Å². The van der Waals surface area contributed by atoms with E-state index in [0.717, 1.165) is 5.56 Å². The molecule has 2 amide bonds. The van der Waals surface area contributed by atoms with Gasteiger partial charge in [-0.3, -0.25) is 4.79 Å². The highest BCUT2D eigenvalue weighted by atomic mass is 16.5. The van der Waals surface area contributed by atoms with E-state index in [0.29, 0.717) is 12.3 Å². The molecule has 1 aromatic rings. The summed E-state index contributed by atoms with van der Waals surface area (Å²) in [6.07, 6.45) is -0.589. The van der Waals surface area contributed by atoms with Crippen LogP contribution in [0.4, 0.5) is 4.79 Å². The Kier molecular flexibility index (Phi) is 7.22. The van der Waals surface area contributed by atoms with E-state index >= 15 is 0 Å². The van der Waals surface area contributed by atoms with Crippen LogP contribution in [0.5, 0.6) is 5.75 Å². The number of ether oxygens (including phenoxy) is 2. The van der Waals surface area contributed by atoms with Crippen LogP contribution in [0.1, 0.15) is 26.3 Å². The maximum Gasteiger partial charge on any atom is 0.407 e. The smallest absolute Gasteiger partial charge is 0.407 e. The van der Waals surface area contributed by atoms with Crippen LogP contribution in [-0.4, -0.2) is 31.8 Å². The zero-order chi connectivity index (χ0) is 16.5. The molecule has 6 heteroatoms. The number of alkyl carbamates (subject to hydrolysis) is 1. The number of para-hydroxylation sites is 1. The van der Waals surface area contributed by atoms with Crippen molar-refractivity contribution in [3.05, 3.63) is 29.8 Å². The predicted molar refractivity (Wildman–Crippen MR) is 83.6 cm³/mol. The molecule has 0 aliphatic carbocycles. The summed E-state index contributed by atoms with van der Waals surface area (Å²) in [5, 5.41) is 5.39. The summed E-state index contributed by atoms with van der Waals surface area (Å²) in [6.45, 7) is 6.03. The number of carbonyl (C=O) groups is 2. The highest BCUT2D eigenvalue weighted by Gasteiger charge is 2.24. The predicted octanol–water partition coefficient (Wildman–Crippen LogP) is 2.08. The first kappa shape index (κ1) is 17.8. The van der Waals surface area contributed by atoms with Gasteiger partial charge in [-0.25, -0.2) is 4.79 Å². The number of nitrogens with one attached hydrogen (secondary N) is 2. The van der Waals surface area contributed by atoms with Gasteiger partial charge in [-0.2, -0.15) is 0 Å². The molecule has 0 spiro atoms. The van der Waals surface area contributed by atoms with Crippen LogP contribution in [0.15, 0.2) is 24.3 Å². The maximum atomic E-state index is 12.3. The summed E-state index contributed by atoms with van der Waals surface area (Å²) >= 11 is 0. The highest BCUT2D eigenvalue weighted by molar-refractivity contribution is 5.85. The van der Waals surface area contributed by atoms with Gasteiger partial charge >= 0.3 is 6.09 Å². The number of methoxy groups -OCH3 is 1. The Morgan fingerprint density at radius 1 is 1.23 bits per heavy atom. The SMILES string of the molecule is CCOC(=O)NC(C(=O)NCc1ccccc1OC)C(C)C. The fourth-order valence-electron chi connectivity index (χ4n) is 1.98. The lowest BCUT2D eigenvalue weighted by Crippen LogP contribution is -2.49. The number of amides is 2. The molecule has 0 saturated heterocycles. The van der Waals surface area contributed by atoms with Crippen molar-refractivity contribution >= 4 is 12.0 Å². The van der Waals surface area contributed by atoms with Gasteiger partial charge < -0.3 is 20.1 Å². The van der Waals surface area contributed by atoms with E-state index in [4.69, 9.17) is 9.47 Å². The molecular formula is C16H24N2O4. The molecule has 0 fully saturated rings. The summed E-state index contributed by atoms with van der Waals surface area (Å²) in [5.74, 6) is 0.401. The second kappa shape index (κ2) is 8.92. The number of hydrogen-bond acceptors (Lipinski definition) is 4. The van der Waals surface area contributed by atoms with Gasteiger partial charge in [0.25, 0.3) is 0 Å². The van der Waals surface area contributed by atoms with E-state index in [2.05, 4.69) is 10.6 Å². The average molecular weight is 308 g/mol. The zero-order valence-corrected chi connectivity index (χ0v) is 13.5. The molecule has 2 N–H and O–H groups in total. The van der Waals surface area contributed by atoms with Gasteiger partial charge in [-0.15, -0.1) is 0 Å². The minimum absolute atomic E-state index is 0.0536. The van der Waals surface area contributed by atoms with E-state index in [1.807, 2.05) is 38.1 Å². The van der Waals surface area contributed by atoms with Crippen LogP contribution >= 0.6 is 0 Å². The Balaban J connectivity index is 2.65. The normalized spacial score (nSPS) is 11.7. The molecule has 1 atom stereocenters. The molecule has 0 heterocycles. The lowest BCUT2D eigenvalue weighted by Gasteiger charge is -2.21. The van der Waals surface area contributed by atoms with Gasteiger partial charge in [-0.05, 0) is 18.9 Å². The third-order valence-electron chi connectivity index (χ3n) is 3.14. The molecule has 1 rings (SSSR count). The third-order valence-corrected chi connectivity index (χ3v) is 3.14. The van der Waals surface area contributed by atoms with E-state index in [-0.39, 0.29) is 18.4 Å². The van der Waals surface area contributed by atoms with Crippen molar-refractivity contribution in [1.29, 1.82) is 0 Å². The molecule has 0 aliphatic rings. The third kappa shape index (κ3) is 5.27. The number of hydrogen-bond donors (Lipinski definition) is 2. The summed E-state index contributed by atoms with van der Waals surface area (Å²) in [6, 6.07) is 6.80. The molecule has 1 aromatic carbocycles. The van der Waals surface area contributed by atoms with Crippen LogP contribution < -0.4 is 15.4 Å². The number of rotatable bonds is 7. The molecule has 0 saturated carbocycles. The van der Waals surface area contributed by atoms with Gasteiger partial charge in [0.15, 0.2) is 0 Å². The number of benzene rings is 1. The first-order chi connectivity index (χ1) is 10.5. The standard InChI is InChI=1S/C16H24N2O4/c1-5-22-16(20)18-14(11(2)3)15(19)17-10-12-8-6-7-9-13(12)21-4/h6-9,11,14H,5,10H2,1-4H3,(H,17,19)(H,18,20). The molecule has 1 unspecified atom stereocenters. The van der Waals surface area contributed by atoms with Gasteiger partial charge in [0.1, 0.15) is 11.8 Å². The minimum Gasteiger partial charge on any atom is -0.496 e. The van der Waals surface area contributed by atoms with E-state index in [1.165, 1.54) is 0 Å². The van der Waals surface area contributed by atoms with Crippen molar-refractivity contribution in [2.75, 3.05) is 13.7 Å². The summed E-state index contributed by atoms with van der Waals surface area (Å²) in [5.41, 5.74) is 0.872. The van der Waals surface area contributed by atoms with Crippen LogP contribution in [0.3, 0.4) is 0 Å². The highest BCUT2D eigenvalue weighted by Crippen LogP contribution is 2.16. The summed E-state index contributed by atoms with van der Waals surface area (Å²) < 4.78 is 10.1. The molecular weight excluding hydrogens is 284 g/mol. The lowest BCUT2D eigenvalue weighted by atomic mass is 10.0. The van der Waals surface area contributed by atoms with Crippen LogP contribution in [0.2, 0.25) is 0 Å². The maximum absolute atomic E-state index is 12.3. The zero-order valence-electron chi connectivity index (χ0n) is 13.5. The summed E-state index contributed by atoms with van der Waals surface area (Å²) in [4.78, 5) is 23.8. The molecule has 0 aliphatic heterocycles. The lowest BCUT2D eigenvalue weighted by molar-refractivity contribution is -0.124. The molecule has 6 nitrogen and oxygen atoms in total. The fraction of sp³-hybridized carbons (Fsp3) is 0.500. The molecule has 0 aromatic heterocycles. The molecule has 122 valence electrons. The fourth-order valence-corrected chi connectivity index (χ4v) is 1.98. The quantitative estimate of drug-likeness (QED) is 0.808. The largest absolute Gasteiger partial charge is 0.496 e. The first-order valence-electron chi connectivity index (χ1n) is 7.32. The van der Waals surface area contributed by atoms with Crippen molar-refractivity contribution < 1.29 is 19.1 Å². The van der Waals surface area contributed by atoms with Crippen molar-refractivity contribution in [3.63, 3.8) is 0 Å². The monoisotopic (exact) mass is 308 g/mol. The Bertz CT molecular complexity index is 503. The van der Waals surface area contributed by atoms with Gasteiger partial charge in [0, 0.05) is 12.1 Å². The van der Waals surface area contributed by atoms with Crippen molar-refractivity contribution in [2.45, 2.75) is 33.4 Å². The first-order valence-corrected chi connectivity index (χ1v) is 7.32. The van der Waals surface area contributed by atoms with Crippen molar-refractivity contribution in [3.8, 4) is 5.75 Å². The van der Waals surface area contributed by atoms with Crippen molar-refractivity contribution in [2.24, 2.45) is 5.92 Å². The number of carbonyl (C=O) groups excluding carboxylic acids is 2. The average Bonchev–Trinajstić information content (AvgIpc) is 2.50. The second-order valence-electron chi connectivity index (χ2n) is 5.12. The Hall–Kier alpha value is -2.24. The Morgan fingerprint density at radius 3 is 2.50 bits per heavy atom. The molecule has 0 radical (unpaired) electrons. The van der Waals surface area contributed by atoms with Gasteiger partial charge in [-0.1, -0.05) is 32.0 Å². The topological polar surface area (TPSA) is 76.7 Å². The Morgan fingerprint density at radius 2 is 1.91 bits per heavy atom. The van der Waals surface area contributed by atoms with Gasteiger partial charge in [0.05, 0.1) is 13.7 Å². The van der Waals surface area contributed by atoms with E-state index in [1.54, 1.807) is 14.0 Å². The summed E-state index contributed by atoms with van der Waals surface area (Å²) in [7, 11) is 1.58. The molecule has 22 heavy (non-hydrogen) atoms.